The van der Waals surface area contributed by atoms with Crippen molar-refractivity contribution in [1.82, 2.24) is 24.4 Å². The third-order valence-corrected chi connectivity index (χ3v) is 6.58. The molecule has 0 aliphatic carbocycles. The normalized spacial score (nSPS) is 15.5. The van der Waals surface area contributed by atoms with Crippen molar-refractivity contribution in [3.05, 3.63) is 95.7 Å². The van der Waals surface area contributed by atoms with Crippen LogP contribution in [-0.2, 0) is 16.1 Å². The molecule has 18 heteroatoms. The molecule has 1 fully saturated rings. The minimum atomic E-state index is -5.08. The number of aromatic nitrogens is 3. The number of rotatable bonds is 5. The number of benzene rings is 2. The van der Waals surface area contributed by atoms with Gasteiger partial charge in [-0.25, -0.2) is 14.0 Å². The molecule has 0 bridgehead atoms. The number of likely N-dealkylation sites (N-methyl/N-ethyl adjacent to an activating group) is 1. The number of piperazine rings is 1. The number of halogens is 7. The van der Waals surface area contributed by atoms with Crippen LogP contribution >= 0.6 is 0 Å². The maximum atomic E-state index is 14.0. The van der Waals surface area contributed by atoms with E-state index in [9.17, 15) is 35.5 Å². The summed E-state index contributed by atoms with van der Waals surface area (Å²) in [5.74, 6) is -5.59. The molecule has 0 spiro atoms. The molecule has 252 valence electrons. The van der Waals surface area contributed by atoms with E-state index in [-0.39, 0.29) is 17.6 Å². The second-order valence-corrected chi connectivity index (χ2v) is 9.96. The SMILES string of the molecule is CN1CCN(Cc2ccccc2)CC1c1nnc2ccc(C(=O)Nc3ccccc3F)cn12.O=C(O)C(F)(F)F.O=C(O)C(F)(F)F. The average Bonchev–Trinajstić information content (AvgIpc) is 3.42. The number of alkyl halides is 6. The summed E-state index contributed by atoms with van der Waals surface area (Å²) in [6, 6.07) is 20.0. The number of aliphatic carboxylic acids is 2. The monoisotopic (exact) mass is 672 g/mol. The number of fused-ring (bicyclic) bond motifs is 1. The molecule has 1 saturated heterocycles. The smallest absolute Gasteiger partial charge is 0.475 e. The number of carbonyl (C=O) groups is 3. The fourth-order valence-corrected chi connectivity index (χ4v) is 4.22. The van der Waals surface area contributed by atoms with Gasteiger partial charge in [0.25, 0.3) is 5.91 Å². The lowest BCUT2D eigenvalue weighted by molar-refractivity contribution is -0.193. The van der Waals surface area contributed by atoms with Crippen LogP contribution in [0.15, 0.2) is 72.9 Å². The summed E-state index contributed by atoms with van der Waals surface area (Å²) in [5.41, 5.74) is 2.50. The highest BCUT2D eigenvalue weighted by atomic mass is 19.4. The number of hydrogen-bond acceptors (Lipinski definition) is 7. The van der Waals surface area contributed by atoms with Gasteiger partial charge in [0, 0.05) is 32.4 Å². The van der Waals surface area contributed by atoms with Crippen LogP contribution < -0.4 is 5.32 Å². The number of hydrogen-bond donors (Lipinski definition) is 3. The molecule has 3 heterocycles. The Morgan fingerprint density at radius 1 is 0.851 bits per heavy atom. The number of pyridine rings is 1. The molecule has 1 amide bonds. The minimum absolute atomic E-state index is 0.0299. The molecular weight excluding hydrogens is 645 g/mol. The Morgan fingerprint density at radius 3 is 2.00 bits per heavy atom. The molecule has 4 aromatic rings. The molecule has 0 radical (unpaired) electrons. The number of carbonyl (C=O) groups excluding carboxylic acids is 1. The first-order chi connectivity index (χ1) is 22.0. The van der Waals surface area contributed by atoms with Gasteiger partial charge < -0.3 is 15.5 Å². The van der Waals surface area contributed by atoms with Crippen LogP contribution in [0.4, 0.5) is 36.4 Å². The van der Waals surface area contributed by atoms with Gasteiger partial charge in [-0.15, -0.1) is 10.2 Å². The second-order valence-electron chi connectivity index (χ2n) is 9.96. The summed E-state index contributed by atoms with van der Waals surface area (Å²) < 4.78 is 79.3. The van der Waals surface area contributed by atoms with Gasteiger partial charge in [-0.1, -0.05) is 42.5 Å². The number of carboxylic acids is 2. The number of nitrogens with one attached hydrogen (secondary N) is 1. The van der Waals surface area contributed by atoms with Gasteiger partial charge in [-0.05, 0) is 36.9 Å². The Hall–Kier alpha value is -5.10. The second kappa shape index (κ2) is 15.5. The van der Waals surface area contributed by atoms with E-state index < -0.39 is 30.1 Å². The molecule has 11 nitrogen and oxygen atoms in total. The molecule has 1 unspecified atom stereocenters. The van der Waals surface area contributed by atoms with Crippen LogP contribution in [0.3, 0.4) is 0 Å². The molecular formula is C29H27F7N6O5. The van der Waals surface area contributed by atoms with Crippen LogP contribution in [0.5, 0.6) is 0 Å². The van der Waals surface area contributed by atoms with Crippen LogP contribution in [0.2, 0.25) is 0 Å². The summed E-state index contributed by atoms with van der Waals surface area (Å²) in [7, 11) is 2.08. The summed E-state index contributed by atoms with van der Waals surface area (Å²) in [6.07, 6.45) is -8.44. The van der Waals surface area contributed by atoms with E-state index >= 15 is 0 Å². The summed E-state index contributed by atoms with van der Waals surface area (Å²) in [6.45, 7) is 3.55. The zero-order valence-corrected chi connectivity index (χ0v) is 24.3. The van der Waals surface area contributed by atoms with E-state index in [4.69, 9.17) is 19.8 Å². The van der Waals surface area contributed by atoms with Crippen molar-refractivity contribution in [2.24, 2.45) is 0 Å². The summed E-state index contributed by atoms with van der Waals surface area (Å²) >= 11 is 0. The Kier molecular flexibility index (Phi) is 12.0. The maximum absolute atomic E-state index is 14.0. The van der Waals surface area contributed by atoms with E-state index in [0.717, 1.165) is 32.0 Å². The van der Waals surface area contributed by atoms with Gasteiger partial charge in [0.05, 0.1) is 17.3 Å². The van der Waals surface area contributed by atoms with Gasteiger partial charge in [-0.2, -0.15) is 26.3 Å². The molecule has 1 atom stereocenters. The molecule has 0 saturated carbocycles. The molecule has 1 aliphatic heterocycles. The molecule has 2 aromatic carbocycles. The molecule has 47 heavy (non-hydrogen) atoms. The number of nitrogens with zero attached hydrogens (tertiary/aromatic N) is 5. The Morgan fingerprint density at radius 2 is 1.43 bits per heavy atom. The van der Waals surface area contributed by atoms with Crippen molar-refractivity contribution in [2.45, 2.75) is 24.9 Å². The quantitative estimate of drug-likeness (QED) is 0.253. The third-order valence-electron chi connectivity index (χ3n) is 6.58. The molecule has 5 rings (SSSR count). The molecule has 2 aromatic heterocycles. The van der Waals surface area contributed by atoms with Crippen LogP contribution in [0, 0.1) is 5.82 Å². The fraction of sp³-hybridized carbons (Fsp3) is 0.276. The zero-order valence-electron chi connectivity index (χ0n) is 24.3. The Bertz CT molecular complexity index is 1660. The Balaban J connectivity index is 0.000000360. The van der Waals surface area contributed by atoms with Crippen molar-refractivity contribution in [2.75, 3.05) is 32.0 Å². The molecule has 3 N–H and O–H groups in total. The number of amides is 1. The predicted octanol–water partition coefficient (Wildman–Crippen LogP) is 4.88. The average molecular weight is 673 g/mol. The topological polar surface area (TPSA) is 140 Å². The lowest BCUT2D eigenvalue weighted by Crippen LogP contribution is -2.46. The highest BCUT2D eigenvalue weighted by Gasteiger charge is 2.39. The van der Waals surface area contributed by atoms with Gasteiger partial charge in [0.2, 0.25) is 0 Å². The van der Waals surface area contributed by atoms with E-state index in [1.54, 1.807) is 30.5 Å². The zero-order chi connectivity index (χ0) is 34.9. The van der Waals surface area contributed by atoms with Crippen molar-refractivity contribution in [1.29, 1.82) is 0 Å². The molecule has 1 aliphatic rings. The van der Waals surface area contributed by atoms with E-state index in [1.807, 2.05) is 10.5 Å². The maximum Gasteiger partial charge on any atom is 0.490 e. The van der Waals surface area contributed by atoms with Crippen LogP contribution in [-0.4, -0.2) is 91.5 Å². The van der Waals surface area contributed by atoms with Gasteiger partial charge in [-0.3, -0.25) is 19.0 Å². The first-order valence-electron chi connectivity index (χ1n) is 13.4. The largest absolute Gasteiger partial charge is 0.490 e. The van der Waals surface area contributed by atoms with E-state index in [0.29, 0.717) is 11.2 Å². The van der Waals surface area contributed by atoms with E-state index in [2.05, 4.69) is 56.6 Å². The Labute approximate surface area is 261 Å². The van der Waals surface area contributed by atoms with Gasteiger partial charge in [0.15, 0.2) is 11.5 Å². The first kappa shape index (κ1) is 36.4. The fourth-order valence-electron chi connectivity index (χ4n) is 4.22. The van der Waals surface area contributed by atoms with Crippen molar-refractivity contribution in [3.8, 4) is 0 Å². The van der Waals surface area contributed by atoms with E-state index in [1.165, 1.54) is 17.7 Å². The lowest BCUT2D eigenvalue weighted by atomic mass is 10.1. The minimum Gasteiger partial charge on any atom is -0.475 e. The van der Waals surface area contributed by atoms with Crippen LogP contribution in [0.25, 0.3) is 5.65 Å². The van der Waals surface area contributed by atoms with Crippen LogP contribution in [0.1, 0.15) is 27.8 Å². The summed E-state index contributed by atoms with van der Waals surface area (Å²) in [5, 5.41) is 25.7. The third kappa shape index (κ3) is 10.5. The first-order valence-corrected chi connectivity index (χ1v) is 13.4. The number of para-hydroxylation sites is 1. The van der Waals surface area contributed by atoms with Crippen molar-refractivity contribution in [3.63, 3.8) is 0 Å². The van der Waals surface area contributed by atoms with Crippen molar-refractivity contribution < 1.29 is 55.3 Å². The number of anilines is 1. The predicted molar refractivity (Wildman–Crippen MR) is 152 cm³/mol. The highest BCUT2D eigenvalue weighted by Crippen LogP contribution is 2.25. The lowest BCUT2D eigenvalue weighted by Gasteiger charge is -2.38. The number of carboxylic acid groups (broad SMARTS) is 2. The van der Waals surface area contributed by atoms with Gasteiger partial charge in [0.1, 0.15) is 5.82 Å². The van der Waals surface area contributed by atoms with Crippen molar-refractivity contribution >= 4 is 29.2 Å². The van der Waals surface area contributed by atoms with Gasteiger partial charge >= 0.3 is 24.3 Å². The summed E-state index contributed by atoms with van der Waals surface area (Å²) in [4.78, 5) is 35.3. The standard InChI is InChI=1S/C25H25FN6O.2C2HF3O2/c1-30-13-14-31(15-18-7-3-2-4-8-18)17-22(30)24-29-28-23-12-11-19(16-32(23)24)25(33)27-21-10-6-5-9-20(21)26;2*3-2(4,5)1(6)7/h2-12,16,22H,13-15,17H2,1H3,(H,27,33);2*(H,6,7). The highest BCUT2D eigenvalue weighted by molar-refractivity contribution is 6.04.